The van der Waals surface area contributed by atoms with Crippen molar-refractivity contribution >= 4 is 0 Å². The first-order valence-corrected chi connectivity index (χ1v) is 7.27. The van der Waals surface area contributed by atoms with E-state index in [4.69, 9.17) is 5.11 Å². The van der Waals surface area contributed by atoms with E-state index in [1.807, 2.05) is 0 Å². The summed E-state index contributed by atoms with van der Waals surface area (Å²) in [7, 11) is 0. The van der Waals surface area contributed by atoms with E-state index < -0.39 is 0 Å². The second-order valence-corrected chi connectivity index (χ2v) is 5.69. The summed E-state index contributed by atoms with van der Waals surface area (Å²) in [5.41, 5.74) is 0.263. The molecule has 2 nitrogen and oxygen atoms in total. The van der Waals surface area contributed by atoms with Crippen molar-refractivity contribution in [2.24, 2.45) is 10.2 Å². The summed E-state index contributed by atoms with van der Waals surface area (Å²) in [5, 5.41) is 9.45. The van der Waals surface area contributed by atoms with Crippen LogP contribution in [0.3, 0.4) is 0 Å². The first-order valence-electron chi connectivity index (χ1n) is 7.27. The molecule has 0 radical (unpaired) electrons. The van der Waals surface area contributed by atoms with Gasteiger partial charge in [-0.1, -0.05) is 45.4 Å². The molecule has 0 amide bonds. The van der Waals surface area contributed by atoms with Gasteiger partial charge in [-0.3, -0.25) is 0 Å². The van der Waals surface area contributed by atoms with Crippen molar-refractivity contribution in [2.75, 3.05) is 0 Å². The quantitative estimate of drug-likeness (QED) is 0.592. The lowest BCUT2D eigenvalue weighted by molar-refractivity contribution is 0.365. The average molecular weight is 222 g/mol. The minimum atomic E-state index is 0.263. The Hall–Kier alpha value is -0.400. The third-order valence-electron chi connectivity index (χ3n) is 4.29. The maximum Gasteiger partial charge on any atom is 0.0816 e. The Bertz CT molecular complexity index is 223. The van der Waals surface area contributed by atoms with E-state index in [1.165, 1.54) is 70.6 Å². The highest BCUT2D eigenvalue weighted by atomic mass is 15.2. The standard InChI is InChI=1S/C14H26N2/c1-2-3-10-14(11-6-7-12-14)16-15-13-8-4-5-9-13/h13H,2-12H2,1H3. The molecule has 0 bridgehead atoms. The van der Waals surface area contributed by atoms with Crippen LogP contribution in [0.2, 0.25) is 0 Å². The highest BCUT2D eigenvalue weighted by Gasteiger charge is 2.33. The van der Waals surface area contributed by atoms with Crippen molar-refractivity contribution in [3.63, 3.8) is 0 Å². The van der Waals surface area contributed by atoms with Gasteiger partial charge in [-0.2, -0.15) is 10.2 Å². The predicted molar refractivity (Wildman–Crippen MR) is 67.8 cm³/mol. The van der Waals surface area contributed by atoms with Crippen LogP contribution in [0.4, 0.5) is 0 Å². The van der Waals surface area contributed by atoms with Crippen molar-refractivity contribution in [3.8, 4) is 0 Å². The highest BCUT2D eigenvalue weighted by molar-refractivity contribution is 4.92. The molecule has 0 N–H and O–H groups in total. The fourth-order valence-corrected chi connectivity index (χ4v) is 3.16. The van der Waals surface area contributed by atoms with Gasteiger partial charge < -0.3 is 0 Å². The van der Waals surface area contributed by atoms with Crippen molar-refractivity contribution in [1.82, 2.24) is 0 Å². The molecule has 2 aliphatic rings. The van der Waals surface area contributed by atoms with E-state index in [1.54, 1.807) is 0 Å². The Morgan fingerprint density at radius 3 is 2.38 bits per heavy atom. The molecule has 2 heteroatoms. The zero-order chi connectivity index (χ0) is 11.3. The number of hydrogen-bond donors (Lipinski definition) is 0. The molecular weight excluding hydrogens is 196 g/mol. The molecule has 0 aromatic carbocycles. The fraction of sp³-hybridized carbons (Fsp3) is 1.00. The summed E-state index contributed by atoms with van der Waals surface area (Å²) in [6.07, 6.45) is 14.5. The van der Waals surface area contributed by atoms with Crippen LogP contribution in [-0.2, 0) is 0 Å². The fourth-order valence-electron chi connectivity index (χ4n) is 3.16. The van der Waals surface area contributed by atoms with Crippen LogP contribution in [-0.4, -0.2) is 11.6 Å². The Labute approximate surface area is 99.9 Å². The van der Waals surface area contributed by atoms with Gasteiger partial charge in [-0.15, -0.1) is 0 Å². The monoisotopic (exact) mass is 222 g/mol. The predicted octanol–water partition coefficient (Wildman–Crippen LogP) is 4.88. The van der Waals surface area contributed by atoms with E-state index in [0.717, 1.165) is 0 Å². The Kier molecular flexibility index (Phi) is 4.37. The molecule has 2 fully saturated rings. The van der Waals surface area contributed by atoms with Crippen molar-refractivity contribution in [3.05, 3.63) is 0 Å². The SMILES string of the molecule is CCCCC1(N=NC2CCCC2)CCCC1. The Morgan fingerprint density at radius 1 is 1.06 bits per heavy atom. The number of hydrogen-bond acceptors (Lipinski definition) is 2. The van der Waals surface area contributed by atoms with Gasteiger partial charge in [-0.05, 0) is 32.1 Å². The zero-order valence-electron chi connectivity index (χ0n) is 10.7. The third-order valence-corrected chi connectivity index (χ3v) is 4.29. The molecule has 0 aliphatic heterocycles. The number of nitrogens with zero attached hydrogens (tertiary/aromatic N) is 2. The van der Waals surface area contributed by atoms with Crippen LogP contribution in [0.5, 0.6) is 0 Å². The summed E-state index contributed by atoms with van der Waals surface area (Å²) in [6.45, 7) is 2.27. The van der Waals surface area contributed by atoms with Gasteiger partial charge in [0.25, 0.3) is 0 Å². The van der Waals surface area contributed by atoms with E-state index in [0.29, 0.717) is 6.04 Å². The van der Waals surface area contributed by atoms with Gasteiger partial charge in [0.1, 0.15) is 0 Å². The number of unbranched alkanes of at least 4 members (excludes halogenated alkanes) is 1. The summed E-state index contributed by atoms with van der Waals surface area (Å²) in [5.74, 6) is 0. The van der Waals surface area contributed by atoms with Gasteiger partial charge in [-0.25, -0.2) is 0 Å². The maximum absolute atomic E-state index is 4.80. The Balaban J connectivity index is 1.90. The van der Waals surface area contributed by atoms with Crippen LogP contribution in [0, 0.1) is 0 Å². The molecule has 0 unspecified atom stereocenters. The molecule has 0 aromatic heterocycles. The molecule has 0 saturated heterocycles. The minimum absolute atomic E-state index is 0.263. The average Bonchev–Trinajstić information content (AvgIpc) is 2.96. The van der Waals surface area contributed by atoms with E-state index in [9.17, 15) is 0 Å². The Morgan fingerprint density at radius 2 is 1.75 bits per heavy atom. The molecule has 2 aliphatic carbocycles. The lowest BCUT2D eigenvalue weighted by atomic mass is 9.92. The van der Waals surface area contributed by atoms with Gasteiger partial charge >= 0.3 is 0 Å². The van der Waals surface area contributed by atoms with Crippen LogP contribution in [0.25, 0.3) is 0 Å². The van der Waals surface area contributed by atoms with Crippen LogP contribution in [0.1, 0.15) is 77.6 Å². The van der Waals surface area contributed by atoms with E-state index in [-0.39, 0.29) is 5.54 Å². The topological polar surface area (TPSA) is 24.7 Å². The second kappa shape index (κ2) is 5.79. The maximum atomic E-state index is 4.80. The van der Waals surface area contributed by atoms with Crippen molar-refractivity contribution in [2.45, 2.75) is 89.1 Å². The summed E-state index contributed by atoms with van der Waals surface area (Å²) < 4.78 is 0. The molecule has 0 spiro atoms. The molecule has 2 saturated carbocycles. The van der Waals surface area contributed by atoms with Crippen molar-refractivity contribution < 1.29 is 0 Å². The number of rotatable bonds is 5. The van der Waals surface area contributed by atoms with Crippen LogP contribution in [0.15, 0.2) is 10.2 Å². The lowest BCUT2D eigenvalue weighted by Crippen LogP contribution is -2.21. The summed E-state index contributed by atoms with van der Waals surface area (Å²) in [4.78, 5) is 0. The van der Waals surface area contributed by atoms with E-state index in [2.05, 4.69) is 12.0 Å². The second-order valence-electron chi connectivity index (χ2n) is 5.69. The van der Waals surface area contributed by atoms with Gasteiger partial charge in [0.05, 0.1) is 11.6 Å². The van der Waals surface area contributed by atoms with E-state index >= 15 is 0 Å². The molecule has 0 aromatic rings. The van der Waals surface area contributed by atoms with Crippen LogP contribution < -0.4 is 0 Å². The van der Waals surface area contributed by atoms with Gasteiger partial charge in [0.15, 0.2) is 0 Å². The molecule has 16 heavy (non-hydrogen) atoms. The minimum Gasteiger partial charge on any atom is -0.190 e. The van der Waals surface area contributed by atoms with Gasteiger partial charge in [0, 0.05) is 0 Å². The zero-order valence-corrected chi connectivity index (χ0v) is 10.7. The molecule has 0 heterocycles. The normalized spacial score (nSPS) is 25.8. The summed E-state index contributed by atoms with van der Waals surface area (Å²) in [6, 6.07) is 0.569. The van der Waals surface area contributed by atoms with Crippen LogP contribution >= 0.6 is 0 Å². The molecular formula is C14H26N2. The summed E-state index contributed by atoms with van der Waals surface area (Å²) >= 11 is 0. The lowest BCUT2D eigenvalue weighted by Gasteiger charge is -2.23. The third kappa shape index (κ3) is 3.05. The van der Waals surface area contributed by atoms with Crippen molar-refractivity contribution in [1.29, 1.82) is 0 Å². The first kappa shape index (κ1) is 12.1. The smallest absolute Gasteiger partial charge is 0.0816 e. The highest BCUT2D eigenvalue weighted by Crippen LogP contribution is 2.38. The van der Waals surface area contributed by atoms with Gasteiger partial charge in [0.2, 0.25) is 0 Å². The molecule has 92 valence electrons. The molecule has 2 rings (SSSR count). The molecule has 0 atom stereocenters. The first-order chi connectivity index (χ1) is 7.85. The largest absolute Gasteiger partial charge is 0.190 e. The number of azo groups is 1.